The van der Waals surface area contributed by atoms with Crippen molar-refractivity contribution in [3.8, 4) is 5.75 Å². The van der Waals surface area contributed by atoms with Gasteiger partial charge < -0.3 is 40.2 Å². The predicted octanol–water partition coefficient (Wildman–Crippen LogP) is -1.98. The second-order valence-corrected chi connectivity index (χ2v) is 6.79. The SMILES string of the molecule is Clc1ccc(OCc2ccccc2)c(CNCC2CCNCC2)c1.[Cl-].[Cl-]. The van der Waals surface area contributed by atoms with Gasteiger partial charge in [0.25, 0.3) is 0 Å². The summed E-state index contributed by atoms with van der Waals surface area (Å²) in [5.74, 6) is 1.67. The summed E-state index contributed by atoms with van der Waals surface area (Å²) in [6.07, 6.45) is 2.50. The van der Waals surface area contributed by atoms with E-state index in [1.807, 2.05) is 36.4 Å². The molecule has 1 fully saturated rings. The zero-order valence-electron chi connectivity index (χ0n) is 14.7. The van der Waals surface area contributed by atoms with Crippen molar-refractivity contribution in [2.24, 2.45) is 5.92 Å². The molecule has 144 valence electrons. The van der Waals surface area contributed by atoms with Crippen LogP contribution in [0.4, 0.5) is 0 Å². The maximum Gasteiger partial charge on any atom is 0.124 e. The van der Waals surface area contributed by atoms with Gasteiger partial charge in [-0.3, -0.25) is 0 Å². The molecular weight excluding hydrogens is 391 g/mol. The molecule has 1 saturated heterocycles. The molecular formula is C20H25Cl3N2O-2. The first-order valence-electron chi connectivity index (χ1n) is 8.68. The van der Waals surface area contributed by atoms with E-state index in [9.17, 15) is 0 Å². The van der Waals surface area contributed by atoms with Gasteiger partial charge in [0.2, 0.25) is 0 Å². The number of benzene rings is 2. The fourth-order valence-electron chi connectivity index (χ4n) is 3.06. The van der Waals surface area contributed by atoms with Crippen LogP contribution in [0.5, 0.6) is 5.75 Å². The maximum atomic E-state index is 6.17. The van der Waals surface area contributed by atoms with Crippen LogP contribution >= 0.6 is 11.6 Å². The fourth-order valence-corrected chi connectivity index (χ4v) is 3.25. The Balaban J connectivity index is 0.00000169. The highest BCUT2D eigenvalue weighted by molar-refractivity contribution is 6.30. The number of halogens is 3. The second-order valence-electron chi connectivity index (χ2n) is 6.35. The predicted molar refractivity (Wildman–Crippen MR) is 99.5 cm³/mol. The number of piperidine rings is 1. The van der Waals surface area contributed by atoms with E-state index in [1.54, 1.807) is 0 Å². The number of rotatable bonds is 7. The van der Waals surface area contributed by atoms with E-state index in [-0.39, 0.29) is 24.8 Å². The van der Waals surface area contributed by atoms with Gasteiger partial charge in [0.15, 0.2) is 0 Å². The van der Waals surface area contributed by atoms with Crippen LogP contribution in [0.25, 0.3) is 0 Å². The van der Waals surface area contributed by atoms with E-state index in [0.717, 1.165) is 48.4 Å². The highest BCUT2D eigenvalue weighted by atomic mass is 35.5. The van der Waals surface area contributed by atoms with Crippen molar-refractivity contribution in [2.75, 3.05) is 19.6 Å². The lowest BCUT2D eigenvalue weighted by Gasteiger charge is -2.23. The number of hydrogen-bond acceptors (Lipinski definition) is 3. The van der Waals surface area contributed by atoms with Crippen LogP contribution in [0.3, 0.4) is 0 Å². The lowest BCUT2D eigenvalue weighted by molar-refractivity contribution is -0.00100. The van der Waals surface area contributed by atoms with E-state index in [1.165, 1.54) is 18.4 Å². The third-order valence-electron chi connectivity index (χ3n) is 4.47. The average molecular weight is 416 g/mol. The zero-order chi connectivity index (χ0) is 16.6. The highest BCUT2D eigenvalue weighted by Gasteiger charge is 2.13. The molecule has 2 aromatic carbocycles. The topological polar surface area (TPSA) is 33.3 Å². The first kappa shape index (κ1) is 23.1. The molecule has 0 spiro atoms. The van der Waals surface area contributed by atoms with Gasteiger partial charge in [0.1, 0.15) is 12.4 Å². The van der Waals surface area contributed by atoms with Crippen LogP contribution in [0.1, 0.15) is 24.0 Å². The highest BCUT2D eigenvalue weighted by Crippen LogP contribution is 2.24. The first-order valence-corrected chi connectivity index (χ1v) is 9.05. The Hall–Kier alpha value is -0.970. The molecule has 2 N–H and O–H groups in total. The van der Waals surface area contributed by atoms with Gasteiger partial charge in [-0.15, -0.1) is 0 Å². The Bertz CT molecular complexity index is 634. The Kier molecular flexibility index (Phi) is 11.0. The van der Waals surface area contributed by atoms with Crippen molar-refractivity contribution in [2.45, 2.75) is 26.0 Å². The molecule has 0 amide bonds. The fraction of sp³-hybridized carbons (Fsp3) is 0.400. The minimum Gasteiger partial charge on any atom is -1.00 e. The Labute approximate surface area is 173 Å². The summed E-state index contributed by atoms with van der Waals surface area (Å²) in [6.45, 7) is 4.68. The minimum absolute atomic E-state index is 0. The molecule has 26 heavy (non-hydrogen) atoms. The summed E-state index contributed by atoms with van der Waals surface area (Å²) >= 11 is 6.17. The van der Waals surface area contributed by atoms with Crippen molar-refractivity contribution in [3.63, 3.8) is 0 Å². The van der Waals surface area contributed by atoms with Crippen LogP contribution in [0, 0.1) is 5.92 Å². The molecule has 0 radical (unpaired) electrons. The monoisotopic (exact) mass is 414 g/mol. The van der Waals surface area contributed by atoms with Crippen LogP contribution < -0.4 is 40.2 Å². The van der Waals surface area contributed by atoms with Gasteiger partial charge in [0, 0.05) is 17.1 Å². The summed E-state index contributed by atoms with van der Waals surface area (Å²) in [4.78, 5) is 0. The number of hydrogen-bond donors (Lipinski definition) is 2. The molecule has 0 atom stereocenters. The van der Waals surface area contributed by atoms with Crippen molar-refractivity contribution in [3.05, 3.63) is 64.7 Å². The Morgan fingerprint density at radius 3 is 2.50 bits per heavy atom. The molecule has 1 aliphatic rings. The lowest BCUT2D eigenvalue weighted by atomic mass is 9.98. The van der Waals surface area contributed by atoms with Gasteiger partial charge in [-0.25, -0.2) is 0 Å². The largest absolute Gasteiger partial charge is 1.00 e. The minimum atomic E-state index is 0. The van der Waals surface area contributed by atoms with Gasteiger partial charge >= 0.3 is 0 Å². The smallest absolute Gasteiger partial charge is 0.124 e. The van der Waals surface area contributed by atoms with E-state index < -0.39 is 0 Å². The molecule has 0 aliphatic carbocycles. The van der Waals surface area contributed by atoms with Gasteiger partial charge in [0.05, 0.1) is 0 Å². The second kappa shape index (κ2) is 12.4. The summed E-state index contributed by atoms with van der Waals surface area (Å²) in [5.41, 5.74) is 2.29. The molecule has 2 aromatic rings. The summed E-state index contributed by atoms with van der Waals surface area (Å²) < 4.78 is 6.01. The van der Waals surface area contributed by atoms with Gasteiger partial charge in [-0.05, 0) is 62.2 Å². The average Bonchev–Trinajstić information content (AvgIpc) is 2.63. The molecule has 3 rings (SSSR count). The van der Waals surface area contributed by atoms with Gasteiger partial charge in [-0.2, -0.15) is 0 Å². The molecule has 0 saturated carbocycles. The van der Waals surface area contributed by atoms with E-state index in [0.29, 0.717) is 6.61 Å². The molecule has 1 heterocycles. The van der Waals surface area contributed by atoms with Crippen molar-refractivity contribution in [1.29, 1.82) is 0 Å². The van der Waals surface area contributed by atoms with E-state index >= 15 is 0 Å². The molecule has 0 bridgehead atoms. The van der Waals surface area contributed by atoms with Crippen molar-refractivity contribution in [1.82, 2.24) is 10.6 Å². The van der Waals surface area contributed by atoms with E-state index in [4.69, 9.17) is 16.3 Å². The van der Waals surface area contributed by atoms with Crippen LogP contribution in [0.15, 0.2) is 48.5 Å². The third kappa shape index (κ3) is 7.34. The van der Waals surface area contributed by atoms with E-state index in [2.05, 4.69) is 22.8 Å². The molecule has 6 heteroatoms. The third-order valence-corrected chi connectivity index (χ3v) is 4.70. The molecule has 1 aliphatic heterocycles. The zero-order valence-corrected chi connectivity index (χ0v) is 17.0. The summed E-state index contributed by atoms with van der Waals surface area (Å²) in [6, 6.07) is 16.1. The van der Waals surface area contributed by atoms with Crippen LogP contribution in [0.2, 0.25) is 5.02 Å². The summed E-state index contributed by atoms with van der Waals surface area (Å²) in [5, 5.41) is 7.73. The van der Waals surface area contributed by atoms with Crippen LogP contribution in [-0.2, 0) is 13.2 Å². The standard InChI is InChI=1S/C20H25ClN2O.2ClH/c21-19-6-7-20(24-15-17-4-2-1-3-5-17)18(12-19)14-23-13-16-8-10-22-11-9-16;;/h1-7,12,16,22-23H,8-11,13-15H2;2*1H/p-2. The lowest BCUT2D eigenvalue weighted by Crippen LogP contribution is -3.00. The number of ether oxygens (including phenoxy) is 1. The Morgan fingerprint density at radius 2 is 1.77 bits per heavy atom. The van der Waals surface area contributed by atoms with Gasteiger partial charge in [-0.1, -0.05) is 41.9 Å². The molecule has 0 unspecified atom stereocenters. The molecule has 3 nitrogen and oxygen atoms in total. The van der Waals surface area contributed by atoms with Crippen molar-refractivity contribution < 1.29 is 29.6 Å². The normalized spacial score (nSPS) is 14.2. The Morgan fingerprint density at radius 1 is 1.04 bits per heavy atom. The van der Waals surface area contributed by atoms with Crippen LogP contribution in [-0.4, -0.2) is 19.6 Å². The number of nitrogens with one attached hydrogen (secondary N) is 2. The first-order chi connectivity index (χ1) is 11.8. The molecule has 0 aromatic heterocycles. The van der Waals surface area contributed by atoms with Crippen molar-refractivity contribution >= 4 is 11.6 Å². The summed E-state index contributed by atoms with van der Waals surface area (Å²) in [7, 11) is 0. The maximum absolute atomic E-state index is 6.17. The quantitative estimate of drug-likeness (QED) is 0.550.